The van der Waals surface area contributed by atoms with Crippen LogP contribution in [0.3, 0.4) is 0 Å². The Morgan fingerprint density at radius 3 is 2.44 bits per heavy atom. The smallest absolute Gasteiger partial charge is 0.129 e. The largest absolute Gasteiger partial charge is 0.386 e. The molecule has 100 valence electrons. The van der Waals surface area contributed by atoms with E-state index in [0.717, 1.165) is 24.6 Å². The van der Waals surface area contributed by atoms with E-state index in [9.17, 15) is 0 Å². The Morgan fingerprint density at radius 1 is 1.22 bits per heavy atom. The molecule has 0 bridgehead atoms. The average molecular weight is 247 g/mol. The first kappa shape index (κ1) is 14.6. The summed E-state index contributed by atoms with van der Waals surface area (Å²) >= 11 is 0. The lowest BCUT2D eigenvalue weighted by Crippen LogP contribution is -2.30. The fraction of sp³-hybridized carbons (Fsp3) is 0.533. The van der Waals surface area contributed by atoms with E-state index in [0.29, 0.717) is 0 Å². The van der Waals surface area contributed by atoms with Crippen molar-refractivity contribution in [3.63, 3.8) is 0 Å². The molecule has 1 aromatic heterocycles. The van der Waals surface area contributed by atoms with Crippen LogP contribution in [0, 0.1) is 0 Å². The van der Waals surface area contributed by atoms with E-state index in [1.54, 1.807) is 0 Å². The fourth-order valence-electron chi connectivity index (χ4n) is 1.63. The molecule has 1 heterocycles. The van der Waals surface area contributed by atoms with Crippen molar-refractivity contribution in [2.45, 2.75) is 40.2 Å². The van der Waals surface area contributed by atoms with Crippen LogP contribution >= 0.6 is 0 Å². The lowest BCUT2D eigenvalue weighted by molar-refractivity contribution is 0.492. The van der Waals surface area contributed by atoms with Crippen molar-refractivity contribution in [2.24, 2.45) is 0 Å². The van der Waals surface area contributed by atoms with Gasteiger partial charge in [-0.2, -0.15) is 0 Å². The predicted molar refractivity (Wildman–Crippen MR) is 79.7 cm³/mol. The highest BCUT2D eigenvalue weighted by molar-refractivity contribution is 5.49. The third-order valence-corrected chi connectivity index (χ3v) is 2.61. The van der Waals surface area contributed by atoms with Gasteiger partial charge in [-0.05, 0) is 59.0 Å². The Hall–Kier alpha value is -1.51. The summed E-state index contributed by atoms with van der Waals surface area (Å²) in [5, 5.41) is 3.31. The zero-order chi connectivity index (χ0) is 13.6. The molecule has 0 aromatic carbocycles. The first-order chi connectivity index (χ1) is 8.46. The van der Waals surface area contributed by atoms with Crippen LogP contribution in [-0.2, 0) is 0 Å². The topological polar surface area (TPSA) is 28.2 Å². The van der Waals surface area contributed by atoms with Crippen LogP contribution in [0.15, 0.2) is 24.4 Å². The summed E-state index contributed by atoms with van der Waals surface area (Å²) in [7, 11) is 0. The third-order valence-electron chi connectivity index (χ3n) is 2.61. The van der Waals surface area contributed by atoms with Crippen molar-refractivity contribution in [3.8, 4) is 0 Å². The number of nitrogens with one attached hydrogen (secondary N) is 1. The minimum atomic E-state index is 0.0903. The van der Waals surface area contributed by atoms with Gasteiger partial charge in [0.25, 0.3) is 0 Å². The lowest BCUT2D eigenvalue weighted by Gasteiger charge is -2.20. The first-order valence-electron chi connectivity index (χ1n) is 6.62. The van der Waals surface area contributed by atoms with Crippen LogP contribution in [-0.4, -0.2) is 23.6 Å². The molecule has 0 fully saturated rings. The molecule has 0 saturated heterocycles. The van der Waals surface area contributed by atoms with E-state index in [1.165, 1.54) is 0 Å². The molecule has 0 aliphatic rings. The van der Waals surface area contributed by atoms with Gasteiger partial charge < -0.3 is 10.2 Å². The molecule has 1 N–H and O–H groups in total. The van der Waals surface area contributed by atoms with Crippen molar-refractivity contribution >= 4 is 11.9 Å². The van der Waals surface area contributed by atoms with E-state index in [1.807, 2.05) is 18.3 Å². The molecule has 0 aliphatic carbocycles. The molecule has 0 radical (unpaired) electrons. The molecule has 3 heteroatoms. The van der Waals surface area contributed by atoms with Crippen LogP contribution in [0.5, 0.6) is 0 Å². The van der Waals surface area contributed by atoms with Crippen molar-refractivity contribution in [1.29, 1.82) is 0 Å². The highest BCUT2D eigenvalue weighted by Crippen LogP contribution is 2.11. The second kappa shape index (κ2) is 6.43. The maximum Gasteiger partial charge on any atom is 0.129 e. The summed E-state index contributed by atoms with van der Waals surface area (Å²) in [5.74, 6) is 1.04. The summed E-state index contributed by atoms with van der Waals surface area (Å²) in [5.41, 5.74) is 1.07. The molecular formula is C15H25N3. The van der Waals surface area contributed by atoms with E-state index < -0.39 is 0 Å². The minimum absolute atomic E-state index is 0.0903. The van der Waals surface area contributed by atoms with Gasteiger partial charge >= 0.3 is 0 Å². The van der Waals surface area contributed by atoms with Crippen molar-refractivity contribution in [2.75, 3.05) is 18.0 Å². The minimum Gasteiger partial charge on any atom is -0.386 e. The van der Waals surface area contributed by atoms with Gasteiger partial charge in [0, 0.05) is 18.6 Å². The molecular weight excluding hydrogens is 222 g/mol. The zero-order valence-corrected chi connectivity index (χ0v) is 12.2. The molecule has 0 saturated carbocycles. The van der Waals surface area contributed by atoms with Crippen LogP contribution in [0.25, 0.3) is 6.08 Å². The lowest BCUT2D eigenvalue weighted by atomic mass is 10.1. The molecule has 0 aliphatic heterocycles. The van der Waals surface area contributed by atoms with E-state index in [4.69, 9.17) is 0 Å². The van der Waals surface area contributed by atoms with Crippen molar-refractivity contribution in [3.05, 3.63) is 30.1 Å². The average Bonchev–Trinajstić information content (AvgIpc) is 2.29. The third kappa shape index (κ3) is 4.78. The Balaban J connectivity index is 2.76. The van der Waals surface area contributed by atoms with Gasteiger partial charge in [-0.1, -0.05) is 6.07 Å². The molecule has 1 rings (SSSR count). The van der Waals surface area contributed by atoms with E-state index in [-0.39, 0.29) is 5.54 Å². The highest BCUT2D eigenvalue weighted by Gasteiger charge is 2.05. The number of nitrogens with zero attached hydrogens (tertiary/aromatic N) is 2. The molecule has 0 atom stereocenters. The summed E-state index contributed by atoms with van der Waals surface area (Å²) in [6.07, 6.45) is 3.98. The molecule has 0 amide bonds. The van der Waals surface area contributed by atoms with Crippen LogP contribution in [0.2, 0.25) is 0 Å². The van der Waals surface area contributed by atoms with E-state index >= 15 is 0 Å². The molecule has 0 spiro atoms. The highest BCUT2D eigenvalue weighted by atomic mass is 15.2. The normalized spacial score (nSPS) is 11.8. The number of hydrogen-bond acceptors (Lipinski definition) is 3. The molecule has 1 aromatic rings. The second-order valence-corrected chi connectivity index (χ2v) is 5.32. The number of anilines is 1. The number of pyridine rings is 1. The van der Waals surface area contributed by atoms with Gasteiger partial charge in [-0.25, -0.2) is 4.98 Å². The van der Waals surface area contributed by atoms with Crippen molar-refractivity contribution < 1.29 is 0 Å². The number of hydrogen-bond donors (Lipinski definition) is 1. The SMILES string of the molecule is CCN(CC)c1cccc(/C=C/NC(C)(C)C)n1. The zero-order valence-electron chi connectivity index (χ0n) is 12.2. The quantitative estimate of drug-likeness (QED) is 0.865. The maximum atomic E-state index is 4.63. The van der Waals surface area contributed by atoms with Crippen LogP contribution in [0.4, 0.5) is 5.82 Å². The fourth-order valence-corrected chi connectivity index (χ4v) is 1.63. The molecule has 18 heavy (non-hydrogen) atoms. The monoisotopic (exact) mass is 247 g/mol. The van der Waals surface area contributed by atoms with Gasteiger partial charge in [0.2, 0.25) is 0 Å². The maximum absolute atomic E-state index is 4.63. The second-order valence-electron chi connectivity index (χ2n) is 5.32. The van der Waals surface area contributed by atoms with Crippen LogP contribution in [0.1, 0.15) is 40.3 Å². The van der Waals surface area contributed by atoms with Gasteiger partial charge in [0.15, 0.2) is 0 Å². The Labute approximate surface area is 111 Å². The summed E-state index contributed by atoms with van der Waals surface area (Å²) in [6, 6.07) is 6.13. The predicted octanol–water partition coefficient (Wildman–Crippen LogP) is 3.29. The summed E-state index contributed by atoms with van der Waals surface area (Å²) < 4.78 is 0. The number of rotatable bonds is 5. The Morgan fingerprint density at radius 2 is 1.89 bits per heavy atom. The van der Waals surface area contributed by atoms with Gasteiger partial charge in [0.05, 0.1) is 5.69 Å². The molecule has 0 unspecified atom stereocenters. The standard InChI is InChI=1S/C15H25N3/c1-6-18(7-2)14-10-8-9-13(17-14)11-12-16-15(3,4)5/h8-12,16H,6-7H2,1-5H3/b12-11+. The Bertz CT molecular complexity index is 387. The Kier molecular flexibility index (Phi) is 5.20. The first-order valence-corrected chi connectivity index (χ1v) is 6.62. The van der Waals surface area contributed by atoms with Crippen LogP contribution < -0.4 is 10.2 Å². The number of aromatic nitrogens is 1. The summed E-state index contributed by atoms with van der Waals surface area (Å²) in [4.78, 5) is 6.88. The van der Waals surface area contributed by atoms with E-state index in [2.05, 4.69) is 62.0 Å². The van der Waals surface area contributed by atoms with Gasteiger partial charge in [-0.3, -0.25) is 0 Å². The molecule has 3 nitrogen and oxygen atoms in total. The van der Waals surface area contributed by atoms with Gasteiger partial charge in [0.1, 0.15) is 5.82 Å². The van der Waals surface area contributed by atoms with Crippen molar-refractivity contribution in [1.82, 2.24) is 10.3 Å². The summed E-state index contributed by atoms with van der Waals surface area (Å²) in [6.45, 7) is 12.7. The van der Waals surface area contributed by atoms with Gasteiger partial charge in [-0.15, -0.1) is 0 Å².